The Morgan fingerprint density at radius 1 is 0.917 bits per heavy atom. The minimum atomic E-state index is -3.99. The fourth-order valence-corrected chi connectivity index (χ4v) is 4.46. The van der Waals surface area contributed by atoms with Crippen LogP contribution in [0.2, 0.25) is 0 Å². The minimum Gasteiger partial charge on any atom is -0.497 e. The zero-order valence-electron chi connectivity index (χ0n) is 20.2. The number of carbonyl (C=O) groups excluding carboxylic acids is 3. The summed E-state index contributed by atoms with van der Waals surface area (Å²) in [5, 5.41) is 2.59. The van der Waals surface area contributed by atoms with Gasteiger partial charge in [-0.05, 0) is 68.4 Å². The molecule has 3 aromatic rings. The molecule has 1 atom stereocenters. The highest BCUT2D eigenvalue weighted by Crippen LogP contribution is 2.25. The molecule has 0 aliphatic rings. The maximum absolute atomic E-state index is 13.1. The maximum Gasteiger partial charge on any atom is 0.338 e. The van der Waals surface area contributed by atoms with Crippen LogP contribution in [-0.4, -0.2) is 46.3 Å². The molecule has 1 amide bonds. The molecule has 10 heteroatoms. The molecule has 0 aromatic heterocycles. The van der Waals surface area contributed by atoms with Gasteiger partial charge in [-0.25, -0.2) is 13.2 Å². The summed E-state index contributed by atoms with van der Waals surface area (Å²) in [5.74, 6) is -1.04. The number of Topliss-reactive ketones (excluding diaryl/α,β-unsaturated/α-hetero) is 1. The highest BCUT2D eigenvalue weighted by atomic mass is 32.2. The van der Waals surface area contributed by atoms with Crippen molar-refractivity contribution in [3.05, 3.63) is 83.9 Å². The number of anilines is 2. The van der Waals surface area contributed by atoms with Crippen LogP contribution in [0, 0.1) is 0 Å². The number of hydrogen-bond donors (Lipinski definition) is 1. The number of amides is 1. The summed E-state index contributed by atoms with van der Waals surface area (Å²) >= 11 is 0. The molecule has 0 aliphatic heterocycles. The second-order valence-electron chi connectivity index (χ2n) is 7.87. The van der Waals surface area contributed by atoms with Gasteiger partial charge in [-0.15, -0.1) is 0 Å². The summed E-state index contributed by atoms with van der Waals surface area (Å²) in [5.41, 5.74) is 1.18. The van der Waals surface area contributed by atoms with E-state index >= 15 is 0 Å². The van der Waals surface area contributed by atoms with Gasteiger partial charge >= 0.3 is 5.97 Å². The van der Waals surface area contributed by atoms with Crippen LogP contribution < -0.4 is 14.4 Å². The molecule has 0 bridgehead atoms. The first-order valence-electron chi connectivity index (χ1n) is 10.9. The van der Waals surface area contributed by atoms with Crippen LogP contribution in [0.1, 0.15) is 34.6 Å². The number of carbonyl (C=O) groups is 3. The third-order valence-electron chi connectivity index (χ3n) is 5.35. The lowest BCUT2D eigenvalue weighted by atomic mass is 10.1. The van der Waals surface area contributed by atoms with Gasteiger partial charge < -0.3 is 14.8 Å². The van der Waals surface area contributed by atoms with Crippen LogP contribution in [-0.2, 0) is 19.6 Å². The van der Waals surface area contributed by atoms with Gasteiger partial charge in [0.2, 0.25) is 0 Å². The number of hydrogen-bond acceptors (Lipinski definition) is 7. The maximum atomic E-state index is 13.1. The molecule has 0 aliphatic carbocycles. The number of nitrogens with one attached hydrogen (secondary N) is 1. The van der Waals surface area contributed by atoms with E-state index in [0.717, 1.165) is 4.31 Å². The molecular weight excluding hydrogens is 484 g/mol. The standard InChI is InChI=1S/C26H26N2O7S/c1-17(29)19-7-5-9-21(15-19)27-25(30)18(2)35-26(31)20-8-6-10-24(16-20)36(32,33)28(3)22-11-13-23(34-4)14-12-22/h5-16,18H,1-4H3,(H,27,30). The molecule has 0 spiro atoms. The highest BCUT2D eigenvalue weighted by molar-refractivity contribution is 7.92. The molecule has 0 fully saturated rings. The van der Waals surface area contributed by atoms with Crippen molar-refractivity contribution in [1.82, 2.24) is 0 Å². The molecule has 3 aromatic carbocycles. The topological polar surface area (TPSA) is 119 Å². The molecule has 1 N–H and O–H groups in total. The van der Waals surface area contributed by atoms with Crippen LogP contribution in [0.5, 0.6) is 5.75 Å². The Kier molecular flexibility index (Phi) is 8.11. The third-order valence-corrected chi connectivity index (χ3v) is 7.14. The summed E-state index contributed by atoms with van der Waals surface area (Å²) in [7, 11) is -1.08. The molecule has 0 saturated heterocycles. The van der Waals surface area contributed by atoms with E-state index in [4.69, 9.17) is 9.47 Å². The monoisotopic (exact) mass is 510 g/mol. The van der Waals surface area contributed by atoms with Crippen molar-refractivity contribution in [2.75, 3.05) is 23.8 Å². The van der Waals surface area contributed by atoms with Gasteiger partial charge in [0, 0.05) is 18.3 Å². The number of esters is 1. The summed E-state index contributed by atoms with van der Waals surface area (Å²) in [4.78, 5) is 36.6. The number of ketones is 1. The molecule has 9 nitrogen and oxygen atoms in total. The van der Waals surface area contributed by atoms with E-state index in [-0.39, 0.29) is 16.2 Å². The van der Waals surface area contributed by atoms with Crippen molar-refractivity contribution in [2.24, 2.45) is 0 Å². The quantitative estimate of drug-likeness (QED) is 0.342. The van der Waals surface area contributed by atoms with Gasteiger partial charge in [-0.3, -0.25) is 13.9 Å². The van der Waals surface area contributed by atoms with Crippen LogP contribution >= 0.6 is 0 Å². The Bertz CT molecular complexity index is 1390. The lowest BCUT2D eigenvalue weighted by molar-refractivity contribution is -0.123. The van der Waals surface area contributed by atoms with E-state index in [1.807, 2.05) is 0 Å². The molecule has 0 saturated carbocycles. The first-order valence-corrected chi connectivity index (χ1v) is 12.3. The second-order valence-corrected chi connectivity index (χ2v) is 9.84. The summed E-state index contributed by atoms with van der Waals surface area (Å²) in [6.45, 7) is 2.80. The van der Waals surface area contributed by atoms with Gasteiger partial charge in [-0.1, -0.05) is 18.2 Å². The van der Waals surface area contributed by atoms with Crippen molar-refractivity contribution in [2.45, 2.75) is 24.8 Å². The number of benzene rings is 3. The number of rotatable bonds is 9. The second kappa shape index (κ2) is 11.0. The Balaban J connectivity index is 1.72. The van der Waals surface area contributed by atoms with Crippen LogP contribution in [0.15, 0.2) is 77.7 Å². The average molecular weight is 511 g/mol. The molecule has 3 rings (SSSR count). The van der Waals surface area contributed by atoms with E-state index in [1.165, 1.54) is 58.3 Å². The molecule has 0 radical (unpaired) electrons. The summed E-state index contributed by atoms with van der Waals surface area (Å²) in [6, 6.07) is 18.2. The zero-order chi connectivity index (χ0) is 26.5. The van der Waals surface area contributed by atoms with Gasteiger partial charge in [0.1, 0.15) is 5.75 Å². The van der Waals surface area contributed by atoms with Crippen molar-refractivity contribution in [3.8, 4) is 5.75 Å². The lowest BCUT2D eigenvalue weighted by Gasteiger charge is -2.20. The normalized spacial score (nSPS) is 11.8. The van der Waals surface area contributed by atoms with Gasteiger partial charge in [-0.2, -0.15) is 0 Å². The predicted octanol–water partition coefficient (Wildman–Crippen LogP) is 3.91. The Morgan fingerprint density at radius 2 is 1.56 bits per heavy atom. The number of methoxy groups -OCH3 is 1. The minimum absolute atomic E-state index is 0.0302. The number of sulfonamides is 1. The first kappa shape index (κ1) is 26.4. The molecule has 36 heavy (non-hydrogen) atoms. The lowest BCUT2D eigenvalue weighted by Crippen LogP contribution is -2.30. The Morgan fingerprint density at radius 3 is 2.19 bits per heavy atom. The van der Waals surface area contributed by atoms with Crippen molar-refractivity contribution in [3.63, 3.8) is 0 Å². The number of ether oxygens (including phenoxy) is 2. The number of nitrogens with zero attached hydrogens (tertiary/aromatic N) is 1. The molecule has 188 valence electrons. The Hall–Kier alpha value is -4.18. The average Bonchev–Trinajstić information content (AvgIpc) is 2.88. The van der Waals surface area contributed by atoms with Crippen molar-refractivity contribution >= 4 is 39.1 Å². The van der Waals surface area contributed by atoms with E-state index in [0.29, 0.717) is 22.7 Å². The van der Waals surface area contributed by atoms with Crippen LogP contribution in [0.4, 0.5) is 11.4 Å². The molecule has 0 heterocycles. The van der Waals surface area contributed by atoms with E-state index in [9.17, 15) is 22.8 Å². The van der Waals surface area contributed by atoms with Crippen molar-refractivity contribution in [1.29, 1.82) is 0 Å². The predicted molar refractivity (Wildman–Crippen MR) is 135 cm³/mol. The first-order chi connectivity index (χ1) is 17.0. The highest BCUT2D eigenvalue weighted by Gasteiger charge is 2.24. The van der Waals surface area contributed by atoms with Crippen molar-refractivity contribution < 1.29 is 32.3 Å². The van der Waals surface area contributed by atoms with Crippen LogP contribution in [0.3, 0.4) is 0 Å². The summed E-state index contributed by atoms with van der Waals surface area (Å²) < 4.78 is 37.7. The van der Waals surface area contributed by atoms with E-state index in [1.54, 1.807) is 42.5 Å². The fraction of sp³-hybridized carbons (Fsp3) is 0.192. The van der Waals surface area contributed by atoms with Gasteiger partial charge in [0.05, 0.1) is 23.3 Å². The third kappa shape index (κ3) is 6.08. The van der Waals surface area contributed by atoms with Gasteiger partial charge in [0.25, 0.3) is 15.9 Å². The fourth-order valence-electron chi connectivity index (χ4n) is 3.21. The van der Waals surface area contributed by atoms with Crippen LogP contribution in [0.25, 0.3) is 0 Å². The zero-order valence-corrected chi connectivity index (χ0v) is 21.0. The van der Waals surface area contributed by atoms with E-state index < -0.39 is 28.0 Å². The molecular formula is C26H26N2O7S. The molecule has 1 unspecified atom stereocenters. The summed E-state index contributed by atoms with van der Waals surface area (Å²) in [6.07, 6.45) is -1.18. The SMILES string of the molecule is COc1ccc(N(C)S(=O)(=O)c2cccc(C(=O)OC(C)C(=O)Nc3cccc(C(C)=O)c3)c2)cc1. The Labute approximate surface area is 209 Å². The van der Waals surface area contributed by atoms with E-state index in [2.05, 4.69) is 5.32 Å². The van der Waals surface area contributed by atoms with Gasteiger partial charge in [0.15, 0.2) is 11.9 Å². The smallest absolute Gasteiger partial charge is 0.338 e. The largest absolute Gasteiger partial charge is 0.497 e.